The highest BCUT2D eigenvalue weighted by molar-refractivity contribution is 8.00. The Balaban J connectivity index is 1.84. The predicted octanol–water partition coefficient (Wildman–Crippen LogP) is 2.90. The Kier molecular flexibility index (Phi) is 4.84. The number of hydrogen-bond acceptors (Lipinski definition) is 5. The Morgan fingerprint density at radius 1 is 1.48 bits per heavy atom. The van der Waals surface area contributed by atoms with Crippen LogP contribution < -0.4 is 15.2 Å². The molecule has 1 saturated heterocycles. The molecule has 0 spiro atoms. The Morgan fingerprint density at radius 3 is 3.10 bits per heavy atom. The number of rotatable bonds is 4. The van der Waals surface area contributed by atoms with Gasteiger partial charge in [0.2, 0.25) is 6.79 Å². The molecular formula is C15H21ClN2O2S. The van der Waals surface area contributed by atoms with E-state index in [0.717, 1.165) is 30.2 Å². The van der Waals surface area contributed by atoms with Crippen molar-refractivity contribution in [1.29, 1.82) is 0 Å². The van der Waals surface area contributed by atoms with E-state index in [0.29, 0.717) is 22.6 Å². The van der Waals surface area contributed by atoms with Crippen LogP contribution in [0.25, 0.3) is 0 Å². The van der Waals surface area contributed by atoms with E-state index in [1.54, 1.807) is 0 Å². The van der Waals surface area contributed by atoms with E-state index >= 15 is 0 Å². The first-order chi connectivity index (χ1) is 10.2. The fraction of sp³-hybridized carbons (Fsp3) is 0.600. The van der Waals surface area contributed by atoms with Gasteiger partial charge in [0.05, 0.1) is 5.02 Å². The number of ether oxygens (including phenoxy) is 2. The maximum atomic E-state index is 6.30. The van der Waals surface area contributed by atoms with Gasteiger partial charge in [-0.3, -0.25) is 4.90 Å². The second-order valence-electron chi connectivity index (χ2n) is 5.38. The molecule has 2 unspecified atom stereocenters. The molecule has 1 fully saturated rings. The average Bonchev–Trinajstić information content (AvgIpc) is 2.97. The molecule has 116 valence electrons. The van der Waals surface area contributed by atoms with E-state index in [4.69, 9.17) is 26.8 Å². The molecular weight excluding hydrogens is 308 g/mol. The third-order valence-electron chi connectivity index (χ3n) is 4.12. The van der Waals surface area contributed by atoms with Crippen molar-refractivity contribution in [2.75, 3.05) is 32.2 Å². The van der Waals surface area contributed by atoms with Gasteiger partial charge >= 0.3 is 0 Å². The molecule has 2 aliphatic rings. The first kappa shape index (κ1) is 15.3. The normalized spacial score (nSPS) is 23.3. The van der Waals surface area contributed by atoms with Gasteiger partial charge in [-0.25, -0.2) is 0 Å². The molecule has 0 radical (unpaired) electrons. The zero-order chi connectivity index (χ0) is 14.8. The van der Waals surface area contributed by atoms with Gasteiger partial charge in [0.15, 0.2) is 11.5 Å². The molecule has 0 aromatic heterocycles. The van der Waals surface area contributed by atoms with Crippen molar-refractivity contribution in [3.05, 3.63) is 22.7 Å². The molecule has 1 aromatic carbocycles. The lowest BCUT2D eigenvalue weighted by molar-refractivity contribution is 0.173. The van der Waals surface area contributed by atoms with Crippen molar-refractivity contribution < 1.29 is 9.47 Å². The first-order valence-corrected chi connectivity index (χ1v) is 8.80. The summed E-state index contributed by atoms with van der Waals surface area (Å²) in [5, 5.41) is 1.30. The highest BCUT2D eigenvalue weighted by Gasteiger charge is 2.28. The van der Waals surface area contributed by atoms with Crippen molar-refractivity contribution in [2.45, 2.75) is 24.6 Å². The molecule has 21 heavy (non-hydrogen) atoms. The number of nitrogens with zero attached hydrogens (tertiary/aromatic N) is 1. The van der Waals surface area contributed by atoms with Gasteiger partial charge in [0.1, 0.15) is 0 Å². The molecule has 3 rings (SSSR count). The Morgan fingerprint density at radius 2 is 2.33 bits per heavy atom. The van der Waals surface area contributed by atoms with Gasteiger partial charge in [0, 0.05) is 36.7 Å². The van der Waals surface area contributed by atoms with Crippen molar-refractivity contribution in [1.82, 2.24) is 4.90 Å². The van der Waals surface area contributed by atoms with Gasteiger partial charge in [0.25, 0.3) is 0 Å². The average molecular weight is 329 g/mol. The molecule has 0 amide bonds. The zero-order valence-corrected chi connectivity index (χ0v) is 13.8. The molecule has 2 atom stereocenters. The van der Waals surface area contributed by atoms with E-state index in [1.165, 1.54) is 6.42 Å². The maximum absolute atomic E-state index is 6.30. The molecule has 4 nitrogen and oxygen atoms in total. The van der Waals surface area contributed by atoms with Gasteiger partial charge in [-0.1, -0.05) is 18.5 Å². The van der Waals surface area contributed by atoms with Crippen LogP contribution >= 0.6 is 23.4 Å². The summed E-state index contributed by atoms with van der Waals surface area (Å²) in [6.45, 7) is 5.21. The van der Waals surface area contributed by atoms with Crippen LogP contribution in [0.15, 0.2) is 12.1 Å². The third-order valence-corrected chi connectivity index (χ3v) is 5.78. The van der Waals surface area contributed by atoms with Gasteiger partial charge in [-0.2, -0.15) is 11.8 Å². The van der Waals surface area contributed by atoms with Crippen molar-refractivity contribution >= 4 is 23.4 Å². The molecule has 1 aromatic rings. The molecule has 6 heteroatoms. The number of halogens is 1. The number of thioether (sulfide) groups is 1. The van der Waals surface area contributed by atoms with Crippen molar-refractivity contribution in [3.8, 4) is 11.5 Å². The number of fused-ring (bicyclic) bond motifs is 1. The molecule has 2 aliphatic heterocycles. The van der Waals surface area contributed by atoms with Crippen LogP contribution in [0.3, 0.4) is 0 Å². The first-order valence-electron chi connectivity index (χ1n) is 7.37. The van der Waals surface area contributed by atoms with E-state index < -0.39 is 0 Å². The van der Waals surface area contributed by atoms with E-state index in [-0.39, 0.29) is 12.8 Å². The lowest BCUT2D eigenvalue weighted by Crippen LogP contribution is -2.42. The SMILES string of the molecule is CCC1CN(C(CN)c2cc(Cl)c3c(c2)OCO3)CCS1. The van der Waals surface area contributed by atoms with Crippen LogP contribution in [-0.4, -0.2) is 42.3 Å². The number of benzene rings is 1. The van der Waals surface area contributed by atoms with Crippen LogP contribution in [0.5, 0.6) is 11.5 Å². The highest BCUT2D eigenvalue weighted by atomic mass is 35.5. The van der Waals surface area contributed by atoms with Crippen molar-refractivity contribution in [2.24, 2.45) is 5.73 Å². The maximum Gasteiger partial charge on any atom is 0.231 e. The largest absolute Gasteiger partial charge is 0.454 e. The minimum absolute atomic E-state index is 0.187. The van der Waals surface area contributed by atoms with Crippen LogP contribution in [0.2, 0.25) is 5.02 Å². The monoisotopic (exact) mass is 328 g/mol. The second-order valence-corrected chi connectivity index (χ2v) is 7.20. The summed E-state index contributed by atoms with van der Waals surface area (Å²) in [5.41, 5.74) is 7.17. The zero-order valence-electron chi connectivity index (χ0n) is 12.2. The van der Waals surface area contributed by atoms with E-state index in [9.17, 15) is 0 Å². The minimum atomic E-state index is 0.187. The quantitative estimate of drug-likeness (QED) is 0.921. The Bertz CT molecular complexity index is 515. The number of nitrogens with two attached hydrogens (primary N) is 1. The van der Waals surface area contributed by atoms with Gasteiger partial charge in [-0.15, -0.1) is 0 Å². The molecule has 2 heterocycles. The molecule has 0 saturated carbocycles. The summed E-state index contributed by atoms with van der Waals surface area (Å²) in [5.74, 6) is 2.54. The van der Waals surface area contributed by atoms with Gasteiger partial charge < -0.3 is 15.2 Å². The topological polar surface area (TPSA) is 47.7 Å². The summed E-state index contributed by atoms with van der Waals surface area (Å²) in [4.78, 5) is 2.47. The fourth-order valence-electron chi connectivity index (χ4n) is 2.95. The smallest absolute Gasteiger partial charge is 0.231 e. The molecule has 0 aliphatic carbocycles. The third kappa shape index (κ3) is 3.11. The Labute approximate surface area is 134 Å². The fourth-order valence-corrected chi connectivity index (χ4v) is 4.43. The lowest BCUT2D eigenvalue weighted by atomic mass is 10.0. The Hall–Kier alpha value is -0.620. The van der Waals surface area contributed by atoms with Crippen LogP contribution in [0.4, 0.5) is 0 Å². The summed E-state index contributed by atoms with van der Waals surface area (Å²) < 4.78 is 10.8. The van der Waals surface area contributed by atoms with E-state index in [2.05, 4.69) is 23.6 Å². The molecule has 0 bridgehead atoms. The summed E-state index contributed by atoms with van der Waals surface area (Å²) in [6.07, 6.45) is 1.19. The standard InChI is InChI=1S/C15H21ClN2O2S/c1-2-11-8-18(3-4-21-11)13(7-17)10-5-12(16)15-14(6-10)19-9-20-15/h5-6,11,13H,2-4,7-9,17H2,1H3. The van der Waals surface area contributed by atoms with E-state index in [1.807, 2.05) is 12.1 Å². The summed E-state index contributed by atoms with van der Waals surface area (Å²) >= 11 is 8.36. The van der Waals surface area contributed by atoms with Crippen molar-refractivity contribution in [3.63, 3.8) is 0 Å². The summed E-state index contributed by atoms with van der Waals surface area (Å²) in [6, 6.07) is 4.18. The molecule has 2 N–H and O–H groups in total. The van der Waals surface area contributed by atoms with Crippen LogP contribution in [0, 0.1) is 0 Å². The number of hydrogen-bond donors (Lipinski definition) is 1. The van der Waals surface area contributed by atoms with Gasteiger partial charge in [-0.05, 0) is 24.1 Å². The van der Waals surface area contributed by atoms with Crippen LogP contribution in [-0.2, 0) is 0 Å². The van der Waals surface area contributed by atoms with Crippen LogP contribution in [0.1, 0.15) is 24.9 Å². The second kappa shape index (κ2) is 6.65. The highest BCUT2D eigenvalue weighted by Crippen LogP contribution is 2.42. The minimum Gasteiger partial charge on any atom is -0.454 e. The lowest BCUT2D eigenvalue weighted by Gasteiger charge is -2.37. The predicted molar refractivity (Wildman–Crippen MR) is 87.5 cm³/mol. The summed E-state index contributed by atoms with van der Waals surface area (Å²) in [7, 11) is 0.